The number of benzene rings is 3. The highest BCUT2D eigenvalue weighted by atomic mass is 79.9. The fourth-order valence-electron chi connectivity index (χ4n) is 3.00. The lowest BCUT2D eigenvalue weighted by Gasteiger charge is -2.32. The third-order valence-electron chi connectivity index (χ3n) is 4.36. The summed E-state index contributed by atoms with van der Waals surface area (Å²) < 4.78 is 4.07. The zero-order valence-corrected chi connectivity index (χ0v) is 22.7. The second-order valence-corrected chi connectivity index (χ2v) is 10.1. The van der Waals surface area contributed by atoms with Gasteiger partial charge in [0.15, 0.2) is 0 Å². The summed E-state index contributed by atoms with van der Waals surface area (Å²) in [6.45, 7) is 0. The normalized spacial score (nSPS) is 11.9. The van der Waals surface area contributed by atoms with Crippen molar-refractivity contribution in [3.05, 3.63) is 88.6 Å². The number of hydrogen-bond acceptors (Lipinski definition) is 2. The van der Waals surface area contributed by atoms with Crippen LogP contribution in [0.5, 0.6) is 0 Å². The molecule has 3 aromatic carbocycles. The summed E-state index contributed by atoms with van der Waals surface area (Å²) in [6, 6.07) is 18.3. The van der Waals surface area contributed by atoms with Crippen molar-refractivity contribution >= 4 is 97.0 Å². The van der Waals surface area contributed by atoms with Gasteiger partial charge in [-0.3, -0.25) is 0 Å². The van der Waals surface area contributed by atoms with Gasteiger partial charge >= 0.3 is 5.97 Å². The lowest BCUT2D eigenvalue weighted by atomic mass is 10.0. The maximum absolute atomic E-state index is 12.4. The van der Waals surface area contributed by atoms with Gasteiger partial charge in [0, 0.05) is 40.2 Å². The minimum absolute atomic E-state index is 0.269. The summed E-state index contributed by atoms with van der Waals surface area (Å²) in [6.07, 6.45) is 0.269. The molecule has 0 aliphatic heterocycles. The molecule has 3 rings (SSSR count). The molecule has 150 valence electrons. The van der Waals surface area contributed by atoms with Crippen molar-refractivity contribution < 1.29 is 9.90 Å². The predicted octanol–water partition coefficient (Wildman–Crippen LogP) is 8.33. The molecule has 0 bridgehead atoms. The molecule has 0 saturated carbocycles. The number of nitrogens with zero attached hydrogens (tertiary/aromatic N) is 1. The topological polar surface area (TPSA) is 40.5 Å². The van der Waals surface area contributed by atoms with Crippen LogP contribution >= 0.6 is 79.6 Å². The first-order valence-corrected chi connectivity index (χ1v) is 12.4. The molecule has 0 unspecified atom stereocenters. The lowest BCUT2D eigenvalue weighted by Crippen LogP contribution is -2.40. The van der Waals surface area contributed by atoms with Gasteiger partial charge < -0.3 is 10.0 Å². The zero-order chi connectivity index (χ0) is 21.1. The molecule has 0 radical (unpaired) electrons. The third-order valence-corrected chi connectivity index (χ3v) is 10.6. The van der Waals surface area contributed by atoms with Crippen LogP contribution in [0.15, 0.2) is 83.0 Å². The number of carboxylic acids is 1. The highest BCUT2D eigenvalue weighted by molar-refractivity contribution is 9.15. The number of aliphatic carboxylic acids is 1. The summed E-state index contributed by atoms with van der Waals surface area (Å²) in [7, 11) is 0. The maximum atomic E-state index is 12.4. The Morgan fingerprint density at radius 1 is 0.724 bits per heavy atom. The Balaban J connectivity index is 2.15. The van der Waals surface area contributed by atoms with E-state index in [9.17, 15) is 9.90 Å². The predicted molar refractivity (Wildman–Crippen MR) is 135 cm³/mol. The number of carboxylic acid groups (broad SMARTS) is 1. The summed E-state index contributed by atoms with van der Waals surface area (Å²) in [5.74, 6) is -0.910. The van der Waals surface area contributed by atoms with E-state index in [0.29, 0.717) is 0 Å². The number of rotatable bonds is 6. The van der Waals surface area contributed by atoms with Gasteiger partial charge in [0.1, 0.15) is 6.04 Å². The maximum Gasteiger partial charge on any atom is 0.327 e. The van der Waals surface area contributed by atoms with E-state index in [-0.39, 0.29) is 6.42 Å². The van der Waals surface area contributed by atoms with Gasteiger partial charge in [0.2, 0.25) is 0 Å². The standard InChI is InChI=1S/C21H14Br5NO2/c22-16-14(17(23)19(25)20(26)18(16)24)11-15(21(28)29)27(12-7-3-1-4-8-12)13-9-5-2-6-10-13/h1-10,15H,11H2,(H,28,29)/t15-/m0/s1. The minimum Gasteiger partial charge on any atom is -0.480 e. The molecule has 8 heteroatoms. The summed E-state index contributed by atoms with van der Waals surface area (Å²) in [5.41, 5.74) is 2.47. The summed E-state index contributed by atoms with van der Waals surface area (Å²) in [5, 5.41) is 10.2. The number of anilines is 2. The minimum atomic E-state index is -0.910. The molecule has 0 aliphatic rings. The highest BCUT2D eigenvalue weighted by Gasteiger charge is 2.30. The third kappa shape index (κ3) is 4.98. The molecule has 3 aromatic rings. The van der Waals surface area contributed by atoms with E-state index in [0.717, 1.165) is 39.3 Å². The van der Waals surface area contributed by atoms with Gasteiger partial charge in [-0.15, -0.1) is 0 Å². The first-order chi connectivity index (χ1) is 13.8. The summed E-state index contributed by atoms with van der Waals surface area (Å²) >= 11 is 17.9. The van der Waals surface area contributed by atoms with Crippen LogP contribution < -0.4 is 4.90 Å². The van der Waals surface area contributed by atoms with Crippen molar-refractivity contribution in [2.24, 2.45) is 0 Å². The van der Waals surface area contributed by atoms with Crippen LogP contribution in [0.4, 0.5) is 11.4 Å². The molecule has 0 aromatic heterocycles. The second-order valence-electron chi connectivity index (χ2n) is 6.15. The molecule has 0 fully saturated rings. The van der Waals surface area contributed by atoms with E-state index >= 15 is 0 Å². The van der Waals surface area contributed by atoms with E-state index in [4.69, 9.17) is 0 Å². The Morgan fingerprint density at radius 2 is 1.10 bits per heavy atom. The highest BCUT2D eigenvalue weighted by Crippen LogP contribution is 2.45. The molecular weight excluding hydrogens is 698 g/mol. The molecule has 1 atom stereocenters. The fourth-order valence-corrected chi connectivity index (χ4v) is 6.45. The largest absolute Gasteiger partial charge is 0.480 e. The van der Waals surface area contributed by atoms with Gasteiger partial charge in [-0.2, -0.15) is 0 Å². The quantitative estimate of drug-likeness (QED) is 0.207. The first kappa shape index (κ1) is 23.0. The van der Waals surface area contributed by atoms with Crippen molar-refractivity contribution in [3.8, 4) is 0 Å². The van der Waals surface area contributed by atoms with Gasteiger partial charge in [0.05, 0.1) is 0 Å². The van der Waals surface area contributed by atoms with Gasteiger partial charge in [-0.25, -0.2) is 4.79 Å². The van der Waals surface area contributed by atoms with E-state index in [1.54, 1.807) is 0 Å². The SMILES string of the molecule is O=C(O)[C@H](Cc1c(Br)c(Br)c(Br)c(Br)c1Br)N(c1ccccc1)c1ccccc1. The van der Waals surface area contributed by atoms with Crippen molar-refractivity contribution in [1.29, 1.82) is 0 Å². The fraction of sp³-hybridized carbons (Fsp3) is 0.0952. The number of para-hydroxylation sites is 2. The van der Waals surface area contributed by atoms with Crippen LogP contribution in [-0.4, -0.2) is 17.1 Å². The van der Waals surface area contributed by atoms with Crippen molar-refractivity contribution in [1.82, 2.24) is 0 Å². The van der Waals surface area contributed by atoms with Crippen LogP contribution in [0.2, 0.25) is 0 Å². The van der Waals surface area contributed by atoms with Crippen LogP contribution in [0, 0.1) is 0 Å². The molecule has 3 nitrogen and oxygen atoms in total. The Labute approximate surface area is 211 Å². The van der Waals surface area contributed by atoms with Crippen LogP contribution in [-0.2, 0) is 11.2 Å². The summed E-state index contributed by atoms with van der Waals surface area (Å²) in [4.78, 5) is 14.3. The molecule has 29 heavy (non-hydrogen) atoms. The number of hydrogen-bond donors (Lipinski definition) is 1. The van der Waals surface area contributed by atoms with Gasteiger partial charge in [-0.05, 0) is 109 Å². The Hall–Kier alpha value is -0.670. The van der Waals surface area contributed by atoms with E-state index in [1.165, 1.54) is 0 Å². The molecule has 1 N–H and O–H groups in total. The van der Waals surface area contributed by atoms with E-state index in [2.05, 4.69) is 79.6 Å². The Morgan fingerprint density at radius 3 is 1.48 bits per heavy atom. The number of halogens is 5. The molecular formula is C21H14Br5NO2. The van der Waals surface area contributed by atoms with Crippen LogP contribution in [0.1, 0.15) is 5.56 Å². The average Bonchev–Trinajstić information content (AvgIpc) is 2.74. The zero-order valence-electron chi connectivity index (χ0n) is 14.8. The van der Waals surface area contributed by atoms with Crippen LogP contribution in [0.3, 0.4) is 0 Å². The molecule has 0 spiro atoms. The average molecular weight is 712 g/mol. The lowest BCUT2D eigenvalue weighted by molar-refractivity contribution is -0.138. The molecule has 0 heterocycles. The Kier molecular flexibility index (Phi) is 8.00. The molecule has 0 amide bonds. The van der Waals surface area contributed by atoms with Crippen molar-refractivity contribution in [2.45, 2.75) is 12.5 Å². The Bertz CT molecular complexity index is 960. The monoisotopic (exact) mass is 707 g/mol. The van der Waals surface area contributed by atoms with Gasteiger partial charge in [-0.1, -0.05) is 36.4 Å². The molecule has 0 aliphatic carbocycles. The second kappa shape index (κ2) is 10.1. The first-order valence-electron chi connectivity index (χ1n) is 8.45. The molecule has 0 saturated heterocycles. The van der Waals surface area contributed by atoms with Crippen molar-refractivity contribution in [3.63, 3.8) is 0 Å². The van der Waals surface area contributed by atoms with E-state index in [1.807, 2.05) is 65.6 Å². The van der Waals surface area contributed by atoms with Crippen molar-refractivity contribution in [2.75, 3.05) is 4.90 Å². The van der Waals surface area contributed by atoms with Crippen LogP contribution in [0.25, 0.3) is 0 Å². The smallest absolute Gasteiger partial charge is 0.327 e. The van der Waals surface area contributed by atoms with Gasteiger partial charge in [0.25, 0.3) is 0 Å². The number of carbonyl (C=O) groups is 1. The van der Waals surface area contributed by atoms with E-state index < -0.39 is 12.0 Å².